The first-order valence-corrected chi connectivity index (χ1v) is 6.73. The van der Waals surface area contributed by atoms with Crippen LogP contribution in [0.5, 0.6) is 0 Å². The molecule has 0 unspecified atom stereocenters. The highest BCUT2D eigenvalue weighted by Gasteiger charge is 2.28. The van der Waals surface area contributed by atoms with Gasteiger partial charge in [0.05, 0.1) is 17.1 Å². The molecular weight excluding hydrogens is 242 g/mol. The number of aryl methyl sites for hydroxylation is 1. The number of aromatic amines is 1. The van der Waals surface area contributed by atoms with E-state index in [1.165, 1.54) is 0 Å². The van der Waals surface area contributed by atoms with Crippen LogP contribution in [0.15, 0.2) is 23.0 Å². The Hall–Kier alpha value is -1.59. The van der Waals surface area contributed by atoms with Crippen LogP contribution >= 0.6 is 0 Å². The molecule has 0 aliphatic carbocycles. The minimum Gasteiger partial charge on any atom is -0.387 e. The number of hydrogen-bond donors (Lipinski definition) is 3. The zero-order valence-electron chi connectivity index (χ0n) is 11.2. The zero-order chi connectivity index (χ0) is 13.6. The molecule has 1 aliphatic rings. The van der Waals surface area contributed by atoms with E-state index in [2.05, 4.69) is 24.1 Å². The number of hydrogen-bond acceptors (Lipinski definition) is 3. The molecule has 5 nitrogen and oxygen atoms in total. The number of benzene rings is 1. The third-order valence-electron chi connectivity index (χ3n) is 3.73. The summed E-state index contributed by atoms with van der Waals surface area (Å²) in [5, 5.41) is 14.0. The Kier molecular flexibility index (Phi) is 2.95. The lowest BCUT2D eigenvalue weighted by Gasteiger charge is -2.24. The fourth-order valence-corrected chi connectivity index (χ4v) is 2.95. The van der Waals surface area contributed by atoms with Gasteiger partial charge in [-0.25, -0.2) is 4.79 Å². The van der Waals surface area contributed by atoms with Crippen molar-refractivity contribution in [3.05, 3.63) is 34.2 Å². The van der Waals surface area contributed by atoms with Gasteiger partial charge in [-0.15, -0.1) is 0 Å². The maximum Gasteiger partial charge on any atom is 0.326 e. The molecule has 2 atom stereocenters. The van der Waals surface area contributed by atoms with E-state index in [1.807, 2.05) is 18.2 Å². The van der Waals surface area contributed by atoms with E-state index in [-0.39, 0.29) is 11.7 Å². The van der Waals surface area contributed by atoms with Crippen molar-refractivity contribution < 1.29 is 5.11 Å². The molecule has 5 heteroatoms. The Labute approximate surface area is 111 Å². The van der Waals surface area contributed by atoms with Crippen molar-refractivity contribution in [1.82, 2.24) is 14.9 Å². The fraction of sp³-hybridized carbons (Fsp3) is 0.500. The number of nitrogens with one attached hydrogen (secondary N) is 2. The van der Waals surface area contributed by atoms with Crippen molar-refractivity contribution >= 4 is 11.0 Å². The van der Waals surface area contributed by atoms with Gasteiger partial charge in [-0.1, -0.05) is 26.0 Å². The van der Waals surface area contributed by atoms with Crippen molar-refractivity contribution in [3.8, 4) is 0 Å². The molecule has 1 aromatic carbocycles. The van der Waals surface area contributed by atoms with E-state index < -0.39 is 6.10 Å². The van der Waals surface area contributed by atoms with Crippen molar-refractivity contribution in [2.24, 2.45) is 0 Å². The van der Waals surface area contributed by atoms with Crippen molar-refractivity contribution in [2.45, 2.75) is 45.0 Å². The molecule has 0 saturated carbocycles. The van der Waals surface area contributed by atoms with Crippen LogP contribution in [0.2, 0.25) is 0 Å². The summed E-state index contributed by atoms with van der Waals surface area (Å²) in [4.78, 5) is 14.8. The highest BCUT2D eigenvalue weighted by Crippen LogP contribution is 2.29. The molecular formula is C14H19N3O2. The Balaban J connectivity index is 2.14. The van der Waals surface area contributed by atoms with E-state index in [0.717, 1.165) is 23.0 Å². The molecule has 3 rings (SSSR count). The van der Waals surface area contributed by atoms with Crippen LogP contribution < -0.4 is 11.0 Å². The number of aliphatic hydroxyl groups is 1. The maximum atomic E-state index is 11.9. The topological polar surface area (TPSA) is 70.0 Å². The van der Waals surface area contributed by atoms with E-state index >= 15 is 0 Å². The molecule has 2 aromatic rings. The Bertz CT molecular complexity index is 656. The summed E-state index contributed by atoms with van der Waals surface area (Å²) in [6.07, 6.45) is 0.149. The molecule has 2 heterocycles. The van der Waals surface area contributed by atoms with Gasteiger partial charge in [0.25, 0.3) is 0 Å². The van der Waals surface area contributed by atoms with Crippen LogP contribution in [0.1, 0.15) is 31.9 Å². The predicted molar refractivity (Wildman–Crippen MR) is 74.2 cm³/mol. The van der Waals surface area contributed by atoms with Crippen LogP contribution in [-0.2, 0) is 6.54 Å². The quantitative estimate of drug-likeness (QED) is 0.759. The van der Waals surface area contributed by atoms with Crippen molar-refractivity contribution in [1.29, 1.82) is 0 Å². The summed E-state index contributed by atoms with van der Waals surface area (Å²) < 4.78 is 1.73. The second-order valence-corrected chi connectivity index (χ2v) is 5.49. The first-order chi connectivity index (χ1) is 9.08. The Morgan fingerprint density at radius 1 is 1.47 bits per heavy atom. The fourth-order valence-electron chi connectivity index (χ4n) is 2.95. The number of para-hydroxylation sites is 1. The monoisotopic (exact) mass is 261 g/mol. The maximum absolute atomic E-state index is 11.9. The van der Waals surface area contributed by atoms with Gasteiger partial charge in [0.15, 0.2) is 0 Å². The van der Waals surface area contributed by atoms with Crippen molar-refractivity contribution in [2.75, 3.05) is 0 Å². The minimum absolute atomic E-state index is 0.0232. The summed E-state index contributed by atoms with van der Waals surface area (Å²) in [6, 6.07) is 5.93. The number of imidazole rings is 1. The first kappa shape index (κ1) is 12.4. The Morgan fingerprint density at radius 2 is 2.26 bits per heavy atom. The minimum atomic E-state index is -0.588. The van der Waals surface area contributed by atoms with Crippen LogP contribution in [0.25, 0.3) is 11.0 Å². The largest absolute Gasteiger partial charge is 0.387 e. The lowest BCUT2D eigenvalue weighted by molar-refractivity contribution is 0.121. The van der Waals surface area contributed by atoms with E-state index in [9.17, 15) is 9.90 Å². The lowest BCUT2D eigenvalue weighted by atomic mass is 9.99. The van der Waals surface area contributed by atoms with Gasteiger partial charge < -0.3 is 15.4 Å². The van der Waals surface area contributed by atoms with Gasteiger partial charge in [0, 0.05) is 24.2 Å². The number of aliphatic hydroxyl groups excluding tert-OH is 1. The van der Waals surface area contributed by atoms with Crippen LogP contribution in [0.4, 0.5) is 0 Å². The molecule has 1 aromatic heterocycles. The number of aromatic nitrogens is 2. The molecule has 0 bridgehead atoms. The van der Waals surface area contributed by atoms with E-state index in [1.54, 1.807) is 4.57 Å². The normalized spacial score (nSPS) is 22.9. The average molecular weight is 261 g/mol. The molecule has 0 spiro atoms. The molecule has 0 fully saturated rings. The number of H-pyrrole nitrogens is 1. The molecule has 0 radical (unpaired) electrons. The van der Waals surface area contributed by atoms with E-state index in [4.69, 9.17) is 0 Å². The smallest absolute Gasteiger partial charge is 0.326 e. The average Bonchev–Trinajstić information content (AvgIpc) is 2.61. The summed E-state index contributed by atoms with van der Waals surface area (Å²) >= 11 is 0. The van der Waals surface area contributed by atoms with Gasteiger partial charge in [0.1, 0.15) is 0 Å². The number of nitrogens with zero attached hydrogens (tertiary/aromatic N) is 1. The van der Waals surface area contributed by atoms with Gasteiger partial charge >= 0.3 is 5.69 Å². The first-order valence-electron chi connectivity index (χ1n) is 6.73. The van der Waals surface area contributed by atoms with E-state index in [0.29, 0.717) is 12.6 Å². The van der Waals surface area contributed by atoms with Crippen molar-refractivity contribution in [3.63, 3.8) is 0 Å². The van der Waals surface area contributed by atoms with Crippen LogP contribution in [0, 0.1) is 0 Å². The molecule has 102 valence electrons. The summed E-state index contributed by atoms with van der Waals surface area (Å²) in [6.45, 7) is 4.74. The number of rotatable bonds is 2. The predicted octanol–water partition coefficient (Wildman–Crippen LogP) is 1.13. The molecule has 0 saturated heterocycles. The highest BCUT2D eigenvalue weighted by atomic mass is 16.3. The third kappa shape index (κ3) is 1.99. The van der Waals surface area contributed by atoms with Crippen LogP contribution in [0.3, 0.4) is 0 Å². The molecule has 19 heavy (non-hydrogen) atoms. The summed E-state index contributed by atoms with van der Waals surface area (Å²) in [7, 11) is 0. The third-order valence-corrected chi connectivity index (χ3v) is 3.73. The molecule has 3 N–H and O–H groups in total. The van der Waals surface area contributed by atoms with Gasteiger partial charge in [0.2, 0.25) is 0 Å². The van der Waals surface area contributed by atoms with Gasteiger partial charge in [-0.2, -0.15) is 0 Å². The summed E-state index contributed by atoms with van der Waals surface area (Å²) in [5.41, 5.74) is 2.37. The highest BCUT2D eigenvalue weighted by molar-refractivity contribution is 5.79. The second kappa shape index (κ2) is 4.51. The SMILES string of the molecule is CC(C)N[C@H]1CCn2c(=O)[nH]c3cccc(c32)[C@H]1O. The molecule has 0 amide bonds. The second-order valence-electron chi connectivity index (χ2n) is 5.49. The zero-order valence-corrected chi connectivity index (χ0v) is 11.2. The van der Waals surface area contributed by atoms with Gasteiger partial charge in [-0.3, -0.25) is 4.57 Å². The lowest BCUT2D eigenvalue weighted by Crippen LogP contribution is -2.39. The van der Waals surface area contributed by atoms with Gasteiger partial charge in [-0.05, 0) is 12.5 Å². The summed E-state index contributed by atoms with van der Waals surface area (Å²) in [5.74, 6) is 0. The standard InChI is InChI=1S/C14H19N3O2/c1-8(2)15-11-6-7-17-12-9(13(11)18)4-3-5-10(12)16-14(17)19/h3-5,8,11,13,15,18H,6-7H2,1-2H3,(H,16,19)/t11-,13+/m0/s1. The van der Waals surface area contributed by atoms with Crippen LogP contribution in [-0.4, -0.2) is 26.7 Å². The Morgan fingerprint density at radius 3 is 3.00 bits per heavy atom. The molecule has 1 aliphatic heterocycles.